The summed E-state index contributed by atoms with van der Waals surface area (Å²) in [5.41, 5.74) is 1.39. The van der Waals surface area contributed by atoms with Crippen LogP contribution >= 0.6 is 0 Å². The highest BCUT2D eigenvalue weighted by Gasteiger charge is 2.28. The van der Waals surface area contributed by atoms with Gasteiger partial charge in [0.25, 0.3) is 5.91 Å². The molecule has 1 saturated heterocycles. The fourth-order valence-corrected chi connectivity index (χ4v) is 5.25. The summed E-state index contributed by atoms with van der Waals surface area (Å²) in [5.74, 6) is -0.248. The van der Waals surface area contributed by atoms with Crippen LogP contribution in [0, 0.1) is 5.82 Å². The third-order valence-electron chi connectivity index (χ3n) is 6.08. The molecule has 0 bridgehead atoms. The number of ether oxygens (including phenoxy) is 2. The standard InChI is InChI=1S/C26H32FN3O6S/c1-17(2)35-23-15-20-22(36-25(24(20)26(31)28-3)18-5-7-19(27)8-6-18)16-21(23)30(37(4,32)33)10-9-29-11-13-34-14-12-29/h5-8,15-17H,9-14H2,1-4H3,(H,28,31). The molecular formula is C26H32FN3O6S. The fourth-order valence-electron chi connectivity index (χ4n) is 4.33. The molecule has 1 N–H and O–H groups in total. The van der Waals surface area contributed by atoms with Crippen molar-refractivity contribution < 1.29 is 31.5 Å². The largest absolute Gasteiger partial charge is 0.489 e. The van der Waals surface area contributed by atoms with E-state index in [4.69, 9.17) is 13.9 Å². The number of fused-ring (bicyclic) bond motifs is 1. The number of morpholine rings is 1. The Kier molecular flexibility index (Phi) is 8.05. The minimum atomic E-state index is -3.69. The molecule has 0 aliphatic carbocycles. The summed E-state index contributed by atoms with van der Waals surface area (Å²) in [5, 5.41) is 3.08. The number of nitrogens with one attached hydrogen (secondary N) is 1. The van der Waals surface area contributed by atoms with Crippen LogP contribution in [0.2, 0.25) is 0 Å². The van der Waals surface area contributed by atoms with Gasteiger partial charge >= 0.3 is 0 Å². The average molecular weight is 534 g/mol. The lowest BCUT2D eigenvalue weighted by molar-refractivity contribution is 0.0395. The van der Waals surface area contributed by atoms with Gasteiger partial charge in [0, 0.05) is 50.2 Å². The molecule has 0 atom stereocenters. The van der Waals surface area contributed by atoms with Crippen molar-refractivity contribution >= 4 is 32.6 Å². The summed E-state index contributed by atoms with van der Waals surface area (Å²) in [6.07, 6.45) is 0.890. The lowest BCUT2D eigenvalue weighted by atomic mass is 10.0. The van der Waals surface area contributed by atoms with Gasteiger partial charge in [-0.3, -0.25) is 14.0 Å². The fraction of sp³-hybridized carbons (Fsp3) is 0.423. The maximum atomic E-state index is 13.6. The summed E-state index contributed by atoms with van der Waals surface area (Å²) < 4.78 is 58.4. The summed E-state index contributed by atoms with van der Waals surface area (Å²) in [6.45, 7) is 7.05. The molecular weight excluding hydrogens is 501 g/mol. The topological polar surface area (TPSA) is 101 Å². The second kappa shape index (κ2) is 11.1. The third-order valence-corrected chi connectivity index (χ3v) is 7.26. The van der Waals surface area contributed by atoms with Crippen LogP contribution in [0.1, 0.15) is 24.2 Å². The predicted octanol–water partition coefficient (Wildman–Crippen LogP) is 3.48. The van der Waals surface area contributed by atoms with Gasteiger partial charge in [-0.15, -0.1) is 0 Å². The van der Waals surface area contributed by atoms with Crippen molar-refractivity contribution in [2.75, 3.05) is 57.0 Å². The van der Waals surface area contributed by atoms with Gasteiger partial charge in [-0.2, -0.15) is 0 Å². The number of hydrogen-bond donors (Lipinski definition) is 1. The van der Waals surface area contributed by atoms with E-state index in [1.807, 2.05) is 13.8 Å². The van der Waals surface area contributed by atoms with E-state index in [1.54, 1.807) is 12.1 Å². The van der Waals surface area contributed by atoms with Crippen LogP contribution in [0.25, 0.3) is 22.3 Å². The van der Waals surface area contributed by atoms with Crippen LogP contribution in [-0.2, 0) is 14.8 Å². The second-order valence-electron chi connectivity index (χ2n) is 9.16. The first-order chi connectivity index (χ1) is 17.6. The van der Waals surface area contributed by atoms with Crippen molar-refractivity contribution in [2.24, 2.45) is 0 Å². The Morgan fingerprint density at radius 1 is 1.19 bits per heavy atom. The number of rotatable bonds is 9. The molecule has 2 heterocycles. The van der Waals surface area contributed by atoms with E-state index in [0.717, 1.165) is 19.3 Å². The zero-order chi connectivity index (χ0) is 26.7. The van der Waals surface area contributed by atoms with Crippen LogP contribution in [-0.4, -0.2) is 78.0 Å². The first kappa shape index (κ1) is 26.9. The number of halogens is 1. The molecule has 1 fully saturated rings. The maximum absolute atomic E-state index is 13.6. The monoisotopic (exact) mass is 533 g/mol. The minimum absolute atomic E-state index is 0.201. The molecule has 1 amide bonds. The van der Waals surface area contributed by atoms with Crippen molar-refractivity contribution in [3.8, 4) is 17.1 Å². The highest BCUT2D eigenvalue weighted by molar-refractivity contribution is 7.92. The molecule has 3 aromatic rings. The Labute approximate surface area is 216 Å². The quantitative estimate of drug-likeness (QED) is 0.449. The smallest absolute Gasteiger partial charge is 0.255 e. The van der Waals surface area contributed by atoms with Gasteiger partial charge < -0.3 is 19.2 Å². The van der Waals surface area contributed by atoms with Crippen molar-refractivity contribution in [3.63, 3.8) is 0 Å². The zero-order valence-corrected chi connectivity index (χ0v) is 22.2. The maximum Gasteiger partial charge on any atom is 0.255 e. The zero-order valence-electron chi connectivity index (χ0n) is 21.4. The van der Waals surface area contributed by atoms with E-state index < -0.39 is 21.7 Å². The van der Waals surface area contributed by atoms with E-state index in [-0.39, 0.29) is 24.0 Å². The van der Waals surface area contributed by atoms with Crippen molar-refractivity contribution in [1.29, 1.82) is 0 Å². The van der Waals surface area contributed by atoms with Gasteiger partial charge in [-0.05, 0) is 44.2 Å². The molecule has 4 rings (SSSR count). The van der Waals surface area contributed by atoms with Gasteiger partial charge in [-0.1, -0.05) is 0 Å². The molecule has 0 spiro atoms. The van der Waals surface area contributed by atoms with E-state index in [9.17, 15) is 17.6 Å². The molecule has 37 heavy (non-hydrogen) atoms. The van der Waals surface area contributed by atoms with Crippen molar-refractivity contribution in [3.05, 3.63) is 47.8 Å². The van der Waals surface area contributed by atoms with Gasteiger partial charge in [-0.25, -0.2) is 12.8 Å². The molecule has 0 unspecified atom stereocenters. The second-order valence-corrected chi connectivity index (χ2v) is 11.1. The molecule has 9 nitrogen and oxygen atoms in total. The predicted molar refractivity (Wildman–Crippen MR) is 140 cm³/mol. The third kappa shape index (κ3) is 6.06. The lowest BCUT2D eigenvalue weighted by Gasteiger charge is -2.31. The molecule has 200 valence electrons. The number of carbonyl (C=O) groups excluding carboxylic acids is 1. The number of sulfonamides is 1. The number of amides is 1. The average Bonchev–Trinajstić information content (AvgIpc) is 3.22. The molecule has 2 aromatic carbocycles. The highest BCUT2D eigenvalue weighted by Crippen LogP contribution is 2.41. The molecule has 0 saturated carbocycles. The Hall–Kier alpha value is -3.15. The van der Waals surface area contributed by atoms with Gasteiger partial charge in [0.1, 0.15) is 22.9 Å². The molecule has 0 radical (unpaired) electrons. The molecule has 11 heteroatoms. The molecule has 1 aliphatic rings. The first-order valence-corrected chi connectivity index (χ1v) is 14.0. The summed E-state index contributed by atoms with van der Waals surface area (Å²) >= 11 is 0. The minimum Gasteiger partial charge on any atom is -0.489 e. The number of furan rings is 1. The highest BCUT2D eigenvalue weighted by atomic mass is 32.2. The Bertz CT molecular complexity index is 1370. The Morgan fingerprint density at radius 3 is 2.46 bits per heavy atom. The number of nitrogens with zero attached hydrogens (tertiary/aromatic N) is 2. The molecule has 1 aliphatic heterocycles. The SMILES string of the molecule is CNC(=O)c1c(-c2ccc(F)cc2)oc2cc(N(CCN3CCOCC3)S(C)(=O)=O)c(OC(C)C)cc12. The van der Waals surface area contributed by atoms with E-state index in [2.05, 4.69) is 10.2 Å². The lowest BCUT2D eigenvalue weighted by Crippen LogP contribution is -2.43. The van der Waals surface area contributed by atoms with Crippen LogP contribution < -0.4 is 14.4 Å². The van der Waals surface area contributed by atoms with E-state index in [0.29, 0.717) is 47.7 Å². The van der Waals surface area contributed by atoms with Gasteiger partial charge in [0.15, 0.2) is 0 Å². The molecule has 1 aromatic heterocycles. The Balaban J connectivity index is 1.87. The summed E-state index contributed by atoms with van der Waals surface area (Å²) in [7, 11) is -2.19. The number of carbonyl (C=O) groups is 1. The number of benzene rings is 2. The van der Waals surface area contributed by atoms with Crippen LogP contribution in [0.5, 0.6) is 5.75 Å². The van der Waals surface area contributed by atoms with Crippen molar-refractivity contribution in [1.82, 2.24) is 10.2 Å². The van der Waals surface area contributed by atoms with E-state index >= 15 is 0 Å². The summed E-state index contributed by atoms with van der Waals surface area (Å²) in [4.78, 5) is 15.1. The van der Waals surface area contributed by atoms with Gasteiger partial charge in [0.05, 0.1) is 36.8 Å². The number of anilines is 1. The van der Waals surface area contributed by atoms with Crippen LogP contribution in [0.4, 0.5) is 10.1 Å². The van der Waals surface area contributed by atoms with Crippen LogP contribution in [0.15, 0.2) is 40.8 Å². The van der Waals surface area contributed by atoms with Crippen molar-refractivity contribution in [2.45, 2.75) is 20.0 Å². The normalized spacial score (nSPS) is 14.8. The van der Waals surface area contributed by atoms with Crippen LogP contribution in [0.3, 0.4) is 0 Å². The Morgan fingerprint density at radius 2 is 1.86 bits per heavy atom. The van der Waals surface area contributed by atoms with E-state index in [1.165, 1.54) is 35.6 Å². The summed E-state index contributed by atoms with van der Waals surface area (Å²) in [6, 6.07) is 8.84. The number of hydrogen-bond acceptors (Lipinski definition) is 7. The first-order valence-electron chi connectivity index (χ1n) is 12.1. The van der Waals surface area contributed by atoms with Gasteiger partial charge in [0.2, 0.25) is 10.0 Å².